The average Bonchev–Trinajstić information content (AvgIpc) is 3.49. The topological polar surface area (TPSA) is 77.6 Å². The van der Waals surface area contributed by atoms with Gasteiger partial charge in [-0.1, -0.05) is 12.7 Å². The molecule has 8 bridgehead atoms. The van der Waals surface area contributed by atoms with Gasteiger partial charge in [-0.3, -0.25) is 0 Å². The fourth-order valence-corrected chi connectivity index (χ4v) is 3.57. The largest absolute Gasteiger partial charge is 0.396 e. The Morgan fingerprint density at radius 2 is 1.52 bits per heavy atom. The summed E-state index contributed by atoms with van der Waals surface area (Å²) in [6.45, 7) is 3.89. The van der Waals surface area contributed by atoms with Crippen molar-refractivity contribution in [2.24, 2.45) is 0 Å². The van der Waals surface area contributed by atoms with E-state index in [0.717, 1.165) is 50.5 Å². The van der Waals surface area contributed by atoms with Crippen LogP contribution in [0.25, 0.3) is 52.4 Å². The van der Waals surface area contributed by atoms with Gasteiger partial charge in [-0.2, -0.15) is 0 Å². The van der Waals surface area contributed by atoms with Crippen LogP contribution in [0.1, 0.15) is 35.3 Å². The van der Waals surface area contributed by atoms with Gasteiger partial charge in [-0.05, 0) is 78.2 Å². The predicted molar refractivity (Wildman–Crippen MR) is 120 cm³/mol. The third-order valence-corrected chi connectivity index (χ3v) is 4.91. The van der Waals surface area contributed by atoms with Gasteiger partial charge in [0, 0.05) is 28.7 Å². The average molecular weight is 381 g/mol. The van der Waals surface area contributed by atoms with Gasteiger partial charge in [0.15, 0.2) is 0 Å². The standard InChI is InChI=1S/C24H20N4O/c1-2-15-9-22-14-24-16(7-8-29)10-21(27-24)12-19-4-3-17(25-19)11-18-5-6-20(26-18)13-23(15)28-22/h2-6,9-14,27-29H,1,7-8H2/i10D. The Labute approximate surface area is 169 Å². The fourth-order valence-electron chi connectivity index (χ4n) is 3.57. The first-order valence-electron chi connectivity index (χ1n) is 9.97. The zero-order valence-corrected chi connectivity index (χ0v) is 15.7. The maximum atomic E-state index is 9.51. The zero-order chi connectivity index (χ0) is 20.7. The number of aliphatic hydroxyl groups is 1. The molecule has 5 heterocycles. The Bertz CT molecular complexity index is 1390. The highest BCUT2D eigenvalue weighted by Gasteiger charge is 2.05. The van der Waals surface area contributed by atoms with Crippen molar-refractivity contribution in [2.45, 2.75) is 6.42 Å². The van der Waals surface area contributed by atoms with Crippen LogP contribution in [0, 0.1) is 0 Å². The summed E-state index contributed by atoms with van der Waals surface area (Å²) in [4.78, 5) is 16.0. The summed E-state index contributed by atoms with van der Waals surface area (Å²) >= 11 is 0. The lowest BCUT2D eigenvalue weighted by atomic mass is 10.2. The number of nitrogens with one attached hydrogen (secondary N) is 2. The summed E-state index contributed by atoms with van der Waals surface area (Å²) in [7, 11) is 0. The van der Waals surface area contributed by atoms with Gasteiger partial charge in [-0.25, -0.2) is 9.97 Å². The lowest BCUT2D eigenvalue weighted by molar-refractivity contribution is 0.300. The van der Waals surface area contributed by atoms with Crippen molar-refractivity contribution in [3.05, 3.63) is 76.9 Å². The Balaban J connectivity index is 1.90. The molecule has 3 N–H and O–H groups in total. The Kier molecular flexibility index (Phi) is 3.95. The van der Waals surface area contributed by atoms with E-state index in [1.807, 2.05) is 54.6 Å². The minimum absolute atomic E-state index is 0.0236. The number of aromatic nitrogens is 4. The summed E-state index contributed by atoms with van der Waals surface area (Å²) in [5.41, 5.74) is 8.25. The molecule has 0 fully saturated rings. The SMILES string of the molecule is [2H]c1c(CCO)c2cc3cc(C=C)c(cc4nc(cc5nc(cc1[nH]2)C=C5)C=C4)[nH]3. The number of rotatable bonds is 3. The smallest absolute Gasteiger partial charge is 0.0659 e. The second-order valence-corrected chi connectivity index (χ2v) is 6.99. The highest BCUT2D eigenvalue weighted by molar-refractivity contribution is 5.81. The van der Waals surface area contributed by atoms with Crippen molar-refractivity contribution >= 4 is 52.4 Å². The van der Waals surface area contributed by atoms with Gasteiger partial charge in [0.05, 0.1) is 24.1 Å². The minimum Gasteiger partial charge on any atom is -0.396 e. The Hall–Kier alpha value is -3.70. The quantitative estimate of drug-likeness (QED) is 0.419. The van der Waals surface area contributed by atoms with Crippen LogP contribution in [-0.4, -0.2) is 31.6 Å². The first kappa shape index (κ1) is 16.3. The van der Waals surface area contributed by atoms with Crippen LogP contribution in [0.4, 0.5) is 0 Å². The molecule has 3 aromatic heterocycles. The molecule has 2 aliphatic heterocycles. The molecule has 3 aromatic rings. The molecule has 0 aliphatic carbocycles. The Morgan fingerprint density at radius 1 is 0.862 bits per heavy atom. The van der Waals surface area contributed by atoms with E-state index in [0.29, 0.717) is 18.0 Å². The maximum Gasteiger partial charge on any atom is 0.0659 e. The summed E-state index contributed by atoms with van der Waals surface area (Å²) in [5.74, 6) is 0. The first-order chi connectivity index (χ1) is 14.6. The second kappa shape index (κ2) is 7.04. The summed E-state index contributed by atoms with van der Waals surface area (Å²) in [6, 6.07) is 10.1. The van der Waals surface area contributed by atoms with Gasteiger partial charge in [0.1, 0.15) is 0 Å². The molecule has 0 saturated carbocycles. The number of hydrogen-bond donors (Lipinski definition) is 3. The molecular formula is C24H20N4O. The monoisotopic (exact) mass is 381 g/mol. The number of fused-ring (bicyclic) bond motifs is 8. The van der Waals surface area contributed by atoms with E-state index in [1.54, 1.807) is 6.08 Å². The molecule has 5 nitrogen and oxygen atoms in total. The molecule has 0 aromatic carbocycles. The lowest BCUT2D eigenvalue weighted by Crippen LogP contribution is -1.87. The number of H-pyrrole nitrogens is 2. The van der Waals surface area contributed by atoms with E-state index in [4.69, 9.17) is 1.37 Å². The van der Waals surface area contributed by atoms with Crippen molar-refractivity contribution in [1.82, 2.24) is 19.9 Å². The molecule has 0 spiro atoms. The number of hydrogen-bond acceptors (Lipinski definition) is 3. The van der Waals surface area contributed by atoms with Crippen LogP contribution in [0.2, 0.25) is 0 Å². The van der Waals surface area contributed by atoms with Gasteiger partial charge < -0.3 is 15.1 Å². The molecular weight excluding hydrogens is 360 g/mol. The zero-order valence-electron chi connectivity index (χ0n) is 16.7. The minimum atomic E-state index is -0.0236. The first-order valence-corrected chi connectivity index (χ1v) is 9.47. The van der Waals surface area contributed by atoms with Gasteiger partial charge in [-0.15, -0.1) is 0 Å². The lowest BCUT2D eigenvalue weighted by Gasteiger charge is -1.92. The molecule has 29 heavy (non-hydrogen) atoms. The van der Waals surface area contributed by atoms with E-state index in [2.05, 4.69) is 26.5 Å². The molecule has 0 saturated heterocycles. The van der Waals surface area contributed by atoms with E-state index in [9.17, 15) is 5.11 Å². The van der Waals surface area contributed by atoms with Crippen molar-refractivity contribution in [1.29, 1.82) is 0 Å². The van der Waals surface area contributed by atoms with Crippen molar-refractivity contribution in [2.75, 3.05) is 6.61 Å². The summed E-state index contributed by atoms with van der Waals surface area (Å²) in [5, 5.41) is 9.51. The maximum absolute atomic E-state index is 9.51. The molecule has 142 valence electrons. The number of nitrogens with zero attached hydrogens (tertiary/aromatic N) is 2. The van der Waals surface area contributed by atoms with Crippen LogP contribution in [-0.2, 0) is 6.42 Å². The number of aromatic amines is 2. The van der Waals surface area contributed by atoms with E-state index < -0.39 is 0 Å². The second-order valence-electron chi connectivity index (χ2n) is 6.99. The van der Waals surface area contributed by atoms with Gasteiger partial charge in [0.2, 0.25) is 0 Å². The van der Waals surface area contributed by atoms with Crippen LogP contribution in [0.3, 0.4) is 0 Å². The molecule has 0 atom stereocenters. The van der Waals surface area contributed by atoms with E-state index in [-0.39, 0.29) is 6.61 Å². The molecule has 0 unspecified atom stereocenters. The van der Waals surface area contributed by atoms with Crippen molar-refractivity contribution in [3.8, 4) is 0 Å². The normalized spacial score (nSPS) is 12.9. The molecule has 0 amide bonds. The van der Waals surface area contributed by atoms with Crippen molar-refractivity contribution in [3.63, 3.8) is 0 Å². The summed E-state index contributed by atoms with van der Waals surface area (Å²) < 4.78 is 8.58. The van der Waals surface area contributed by atoms with Crippen LogP contribution < -0.4 is 0 Å². The fraction of sp³-hybridized carbons (Fsp3) is 0.0833. The highest BCUT2D eigenvalue weighted by Crippen LogP contribution is 2.21. The molecule has 0 radical (unpaired) electrons. The third kappa shape index (κ3) is 3.44. The van der Waals surface area contributed by atoms with Crippen LogP contribution in [0.5, 0.6) is 0 Å². The van der Waals surface area contributed by atoms with Crippen LogP contribution >= 0.6 is 0 Å². The van der Waals surface area contributed by atoms with E-state index in [1.165, 1.54) is 0 Å². The van der Waals surface area contributed by atoms with Gasteiger partial charge >= 0.3 is 0 Å². The molecule has 5 heteroatoms. The highest BCUT2D eigenvalue weighted by atomic mass is 16.2. The Morgan fingerprint density at radius 3 is 2.21 bits per heavy atom. The van der Waals surface area contributed by atoms with E-state index >= 15 is 0 Å². The molecule has 2 aliphatic rings. The number of aliphatic hydroxyl groups excluding tert-OH is 1. The van der Waals surface area contributed by atoms with Crippen molar-refractivity contribution < 1.29 is 6.48 Å². The predicted octanol–water partition coefficient (Wildman–Crippen LogP) is 4.83. The molecule has 5 rings (SSSR count). The van der Waals surface area contributed by atoms with Gasteiger partial charge in [0.25, 0.3) is 0 Å². The van der Waals surface area contributed by atoms with Crippen LogP contribution in [0.15, 0.2) is 43.0 Å². The third-order valence-electron chi connectivity index (χ3n) is 4.91. The summed E-state index contributed by atoms with van der Waals surface area (Å²) in [6.07, 6.45) is 9.99.